The third-order valence-electron chi connectivity index (χ3n) is 5.04. The second-order valence-electron chi connectivity index (χ2n) is 7.40. The Morgan fingerprint density at radius 3 is 2.53 bits per heavy atom. The van der Waals surface area contributed by atoms with E-state index in [-0.39, 0.29) is 0 Å². The molecule has 34 heavy (non-hydrogen) atoms. The molecule has 0 aliphatic heterocycles. The van der Waals surface area contributed by atoms with E-state index in [0.29, 0.717) is 62.7 Å². The summed E-state index contributed by atoms with van der Waals surface area (Å²) in [7, 11) is 0. The zero-order valence-corrected chi connectivity index (χ0v) is 20.1. The van der Waals surface area contributed by atoms with Crippen molar-refractivity contribution in [1.29, 1.82) is 0 Å². The first-order valence-corrected chi connectivity index (χ1v) is 11.4. The van der Waals surface area contributed by atoms with Gasteiger partial charge in [-0.05, 0) is 49.4 Å². The molecule has 0 atom stereocenters. The van der Waals surface area contributed by atoms with Crippen LogP contribution in [0.1, 0.15) is 17.4 Å². The maximum atomic E-state index is 6.47. The molecule has 0 saturated heterocycles. The van der Waals surface area contributed by atoms with E-state index in [2.05, 4.69) is 30.4 Å². The third-order valence-corrected chi connectivity index (χ3v) is 5.88. The van der Waals surface area contributed by atoms with Gasteiger partial charge in [0.15, 0.2) is 11.6 Å². The molecular formula is C23H16Cl3N7O. The topological polar surface area (TPSA) is 95.4 Å². The first-order valence-electron chi connectivity index (χ1n) is 10.3. The van der Waals surface area contributed by atoms with Crippen molar-refractivity contribution in [3.63, 3.8) is 0 Å². The van der Waals surface area contributed by atoms with Crippen LogP contribution in [0.3, 0.4) is 0 Å². The number of halogens is 3. The van der Waals surface area contributed by atoms with Gasteiger partial charge in [-0.2, -0.15) is 0 Å². The molecule has 0 radical (unpaired) electrons. The minimum Gasteiger partial charge on any atom is -0.421 e. The Bertz CT molecular complexity index is 1460. The predicted molar refractivity (Wildman–Crippen MR) is 129 cm³/mol. The first kappa shape index (κ1) is 22.5. The summed E-state index contributed by atoms with van der Waals surface area (Å²) in [5.74, 6) is 2.46. The van der Waals surface area contributed by atoms with Crippen molar-refractivity contribution < 1.29 is 4.42 Å². The van der Waals surface area contributed by atoms with Crippen LogP contribution in [0.4, 0.5) is 0 Å². The fourth-order valence-corrected chi connectivity index (χ4v) is 4.07. The van der Waals surface area contributed by atoms with Crippen LogP contribution < -0.4 is 0 Å². The Morgan fingerprint density at radius 2 is 1.76 bits per heavy atom. The van der Waals surface area contributed by atoms with Crippen molar-refractivity contribution in [2.45, 2.75) is 19.8 Å². The van der Waals surface area contributed by atoms with Crippen molar-refractivity contribution in [2.24, 2.45) is 0 Å². The molecule has 0 aliphatic carbocycles. The highest BCUT2D eigenvalue weighted by Crippen LogP contribution is 2.32. The Kier molecular flexibility index (Phi) is 6.28. The summed E-state index contributed by atoms with van der Waals surface area (Å²) in [4.78, 5) is 8.71. The number of aromatic nitrogens is 7. The van der Waals surface area contributed by atoms with Crippen LogP contribution in [0, 0.1) is 6.92 Å². The lowest BCUT2D eigenvalue weighted by Gasteiger charge is -2.11. The molecule has 0 saturated carbocycles. The molecule has 11 heteroatoms. The first-order chi connectivity index (χ1) is 16.5. The van der Waals surface area contributed by atoms with Gasteiger partial charge in [-0.15, -0.1) is 20.4 Å². The lowest BCUT2D eigenvalue weighted by molar-refractivity contribution is 0.501. The second kappa shape index (κ2) is 9.50. The van der Waals surface area contributed by atoms with Crippen LogP contribution in [0.25, 0.3) is 28.7 Å². The highest BCUT2D eigenvalue weighted by atomic mass is 35.5. The lowest BCUT2D eigenvalue weighted by atomic mass is 10.2. The highest BCUT2D eigenvalue weighted by molar-refractivity contribution is 6.36. The van der Waals surface area contributed by atoms with Crippen molar-refractivity contribution in [1.82, 2.24) is 34.9 Å². The molecule has 5 rings (SSSR count). The van der Waals surface area contributed by atoms with E-state index in [4.69, 9.17) is 39.2 Å². The van der Waals surface area contributed by atoms with Crippen LogP contribution in [0.2, 0.25) is 15.1 Å². The molecule has 0 unspecified atom stereocenters. The maximum Gasteiger partial charge on any atom is 0.249 e. The minimum absolute atomic E-state index is 0.408. The number of nitrogens with zero attached hydrogens (tertiary/aromatic N) is 7. The van der Waals surface area contributed by atoms with Gasteiger partial charge in [0.25, 0.3) is 0 Å². The van der Waals surface area contributed by atoms with Crippen molar-refractivity contribution in [2.75, 3.05) is 0 Å². The van der Waals surface area contributed by atoms with Gasteiger partial charge in [0.1, 0.15) is 5.82 Å². The molecule has 0 aliphatic rings. The Balaban J connectivity index is 1.48. The molecule has 170 valence electrons. The average molecular weight is 513 g/mol. The van der Waals surface area contributed by atoms with Crippen molar-refractivity contribution in [3.8, 4) is 28.7 Å². The monoisotopic (exact) mass is 511 g/mol. The quantitative estimate of drug-likeness (QED) is 0.282. The molecule has 4 aromatic heterocycles. The van der Waals surface area contributed by atoms with Crippen LogP contribution in [-0.4, -0.2) is 34.9 Å². The number of pyridine rings is 2. The molecule has 0 N–H and O–H groups in total. The van der Waals surface area contributed by atoms with E-state index in [0.717, 1.165) is 11.3 Å². The number of hydrogen-bond donors (Lipinski definition) is 0. The summed E-state index contributed by atoms with van der Waals surface area (Å²) < 4.78 is 7.60. The summed E-state index contributed by atoms with van der Waals surface area (Å²) >= 11 is 19.0. The summed E-state index contributed by atoms with van der Waals surface area (Å²) in [6, 6.07) is 12.5. The summed E-state index contributed by atoms with van der Waals surface area (Å²) in [6.45, 7) is 1.92. The van der Waals surface area contributed by atoms with Gasteiger partial charge in [0, 0.05) is 41.5 Å². The largest absolute Gasteiger partial charge is 0.421 e. The van der Waals surface area contributed by atoms with Crippen LogP contribution in [-0.2, 0) is 12.8 Å². The second-order valence-corrected chi connectivity index (χ2v) is 8.65. The van der Waals surface area contributed by atoms with Gasteiger partial charge in [0.05, 0.1) is 15.6 Å². The number of aryl methyl sites for hydroxylation is 3. The fourth-order valence-electron chi connectivity index (χ4n) is 3.37. The predicted octanol–water partition coefficient (Wildman–Crippen LogP) is 5.83. The molecule has 0 amide bonds. The molecule has 5 aromatic rings. The summed E-state index contributed by atoms with van der Waals surface area (Å²) in [5, 5.41) is 18.5. The fraction of sp³-hybridized carbons (Fsp3) is 0.130. The van der Waals surface area contributed by atoms with E-state index in [1.54, 1.807) is 47.3 Å². The Labute approximate surface area is 209 Å². The maximum absolute atomic E-state index is 6.47. The molecular weight excluding hydrogens is 497 g/mol. The molecule has 0 spiro atoms. The van der Waals surface area contributed by atoms with Gasteiger partial charge in [-0.1, -0.05) is 34.8 Å². The van der Waals surface area contributed by atoms with Crippen LogP contribution in [0.15, 0.2) is 59.3 Å². The lowest BCUT2D eigenvalue weighted by Crippen LogP contribution is -2.07. The highest BCUT2D eigenvalue weighted by Gasteiger charge is 2.21. The van der Waals surface area contributed by atoms with E-state index in [1.165, 1.54) is 0 Å². The third kappa shape index (κ3) is 4.52. The van der Waals surface area contributed by atoms with Crippen LogP contribution >= 0.6 is 34.8 Å². The van der Waals surface area contributed by atoms with E-state index >= 15 is 0 Å². The zero-order valence-electron chi connectivity index (χ0n) is 17.8. The molecule has 0 bridgehead atoms. The molecule has 4 heterocycles. The molecule has 0 fully saturated rings. The minimum atomic E-state index is 0.408. The Morgan fingerprint density at radius 1 is 0.882 bits per heavy atom. The smallest absolute Gasteiger partial charge is 0.249 e. The van der Waals surface area contributed by atoms with E-state index in [1.807, 2.05) is 19.1 Å². The normalized spacial score (nSPS) is 11.2. The van der Waals surface area contributed by atoms with Gasteiger partial charge >= 0.3 is 0 Å². The summed E-state index contributed by atoms with van der Waals surface area (Å²) in [6.07, 6.45) is 4.23. The Hall–Kier alpha value is -3.33. The average Bonchev–Trinajstić information content (AvgIpc) is 3.46. The van der Waals surface area contributed by atoms with Gasteiger partial charge in [0.2, 0.25) is 11.8 Å². The van der Waals surface area contributed by atoms with E-state index in [9.17, 15) is 0 Å². The van der Waals surface area contributed by atoms with Gasteiger partial charge < -0.3 is 4.42 Å². The SMILES string of the molecule is Cc1ccc(-c2nnc(CCc3nnc(-c4ccc(Cl)cc4Cl)n3-c3ncccc3Cl)o2)cn1. The number of hydrogen-bond acceptors (Lipinski definition) is 7. The van der Waals surface area contributed by atoms with Gasteiger partial charge in [-0.3, -0.25) is 9.55 Å². The zero-order chi connectivity index (χ0) is 23.7. The molecule has 1 aromatic carbocycles. The number of rotatable bonds is 6. The summed E-state index contributed by atoms with van der Waals surface area (Å²) in [5.41, 5.74) is 2.32. The van der Waals surface area contributed by atoms with Crippen LogP contribution in [0.5, 0.6) is 0 Å². The van der Waals surface area contributed by atoms with E-state index < -0.39 is 0 Å². The van der Waals surface area contributed by atoms with Crippen molar-refractivity contribution >= 4 is 34.8 Å². The standard InChI is InChI=1S/C23H16Cl3N7O/c1-13-4-5-14(12-28-13)23-32-30-20(34-23)9-8-19-29-31-21(16-7-6-15(24)11-18(16)26)33(19)22-17(25)3-2-10-27-22/h2-7,10-12H,8-9H2,1H3. The number of benzene rings is 1. The van der Waals surface area contributed by atoms with Gasteiger partial charge in [-0.25, -0.2) is 4.98 Å². The molecule has 8 nitrogen and oxygen atoms in total. The van der Waals surface area contributed by atoms with Crippen molar-refractivity contribution in [3.05, 3.63) is 87.3 Å².